The van der Waals surface area contributed by atoms with Crippen molar-refractivity contribution in [2.45, 2.75) is 24.3 Å². The lowest BCUT2D eigenvalue weighted by molar-refractivity contribution is -0.137. The Morgan fingerprint density at radius 2 is 2.21 bits per heavy atom. The van der Waals surface area contributed by atoms with E-state index in [4.69, 9.17) is 9.84 Å². The molecule has 6 heteroatoms. The first-order valence-corrected chi connectivity index (χ1v) is 6.78. The van der Waals surface area contributed by atoms with Crippen LogP contribution in [0.2, 0.25) is 0 Å². The van der Waals surface area contributed by atoms with Crippen LogP contribution >= 0.6 is 11.8 Å². The highest BCUT2D eigenvalue weighted by atomic mass is 32.2. The van der Waals surface area contributed by atoms with Gasteiger partial charge in [-0.15, -0.1) is 11.8 Å². The normalized spacial score (nSPS) is 11.7. The number of thioether (sulfide) groups is 1. The number of aliphatic carboxylic acids is 1. The fourth-order valence-electron chi connectivity index (χ4n) is 1.47. The van der Waals surface area contributed by atoms with Crippen molar-refractivity contribution >= 4 is 23.6 Å². The zero-order valence-corrected chi connectivity index (χ0v) is 11.7. The molecule has 1 unspecified atom stereocenters. The van der Waals surface area contributed by atoms with Crippen molar-refractivity contribution in [1.29, 1.82) is 0 Å². The zero-order valence-electron chi connectivity index (χ0n) is 10.9. The molecule has 0 saturated carbocycles. The molecular weight excluding hydrogens is 266 g/mol. The lowest BCUT2D eigenvalue weighted by atomic mass is 10.2. The second-order valence-electron chi connectivity index (χ2n) is 4.03. The third-order valence-corrected chi connectivity index (χ3v) is 3.29. The molecule has 0 aromatic heterocycles. The van der Waals surface area contributed by atoms with Gasteiger partial charge in [0.2, 0.25) is 5.91 Å². The number of carbonyl (C=O) groups excluding carboxylic acids is 1. The predicted molar refractivity (Wildman–Crippen MR) is 73.6 cm³/mol. The Kier molecular flexibility index (Phi) is 6.21. The van der Waals surface area contributed by atoms with Crippen LogP contribution in [-0.2, 0) is 9.59 Å². The maximum absolute atomic E-state index is 11.6. The molecule has 0 fully saturated rings. The lowest BCUT2D eigenvalue weighted by Gasteiger charge is -2.11. The summed E-state index contributed by atoms with van der Waals surface area (Å²) < 4.78 is 5.09. The van der Waals surface area contributed by atoms with Gasteiger partial charge in [0, 0.05) is 10.9 Å². The largest absolute Gasteiger partial charge is 0.497 e. The summed E-state index contributed by atoms with van der Waals surface area (Å²) in [6, 6.07) is 7.06. The van der Waals surface area contributed by atoms with E-state index >= 15 is 0 Å². The number of benzene rings is 1. The van der Waals surface area contributed by atoms with Gasteiger partial charge in [-0.25, -0.2) is 0 Å². The van der Waals surface area contributed by atoms with Crippen molar-refractivity contribution in [3.63, 3.8) is 0 Å². The van der Waals surface area contributed by atoms with Gasteiger partial charge in [-0.2, -0.15) is 0 Å². The van der Waals surface area contributed by atoms with E-state index in [1.165, 1.54) is 11.8 Å². The Hall–Kier alpha value is -1.69. The number of nitrogens with one attached hydrogen (secondary N) is 1. The minimum Gasteiger partial charge on any atom is -0.497 e. The third-order valence-electron chi connectivity index (χ3n) is 2.30. The SMILES string of the molecule is COc1cccc(SCC(=O)NC(C)CC(=O)O)c1. The van der Waals surface area contributed by atoms with Crippen LogP contribution < -0.4 is 10.1 Å². The summed E-state index contributed by atoms with van der Waals surface area (Å²) in [5, 5.41) is 11.2. The van der Waals surface area contributed by atoms with Crippen molar-refractivity contribution in [1.82, 2.24) is 5.32 Å². The molecule has 0 aliphatic carbocycles. The molecule has 0 aliphatic rings. The van der Waals surface area contributed by atoms with Gasteiger partial charge in [-0.1, -0.05) is 6.07 Å². The maximum atomic E-state index is 11.6. The van der Waals surface area contributed by atoms with E-state index in [-0.39, 0.29) is 24.1 Å². The average molecular weight is 283 g/mol. The molecular formula is C13H17NO4S. The van der Waals surface area contributed by atoms with Gasteiger partial charge in [0.15, 0.2) is 0 Å². The van der Waals surface area contributed by atoms with Crippen molar-refractivity contribution in [3.05, 3.63) is 24.3 Å². The van der Waals surface area contributed by atoms with Crippen molar-refractivity contribution in [3.8, 4) is 5.75 Å². The number of rotatable bonds is 7. The van der Waals surface area contributed by atoms with Crippen LogP contribution in [0.3, 0.4) is 0 Å². The fourth-order valence-corrected chi connectivity index (χ4v) is 2.22. The molecule has 19 heavy (non-hydrogen) atoms. The summed E-state index contributed by atoms with van der Waals surface area (Å²) in [5.41, 5.74) is 0. The molecule has 0 spiro atoms. The fraction of sp³-hybridized carbons (Fsp3) is 0.385. The number of carboxylic acid groups (broad SMARTS) is 1. The highest BCUT2D eigenvalue weighted by molar-refractivity contribution is 8.00. The Labute approximate surface area is 116 Å². The number of carboxylic acids is 1. The molecule has 104 valence electrons. The molecule has 0 radical (unpaired) electrons. The minimum absolute atomic E-state index is 0.0738. The summed E-state index contributed by atoms with van der Waals surface area (Å²) >= 11 is 1.38. The summed E-state index contributed by atoms with van der Waals surface area (Å²) in [5.74, 6) is -0.114. The highest BCUT2D eigenvalue weighted by Crippen LogP contribution is 2.22. The van der Waals surface area contributed by atoms with E-state index in [2.05, 4.69) is 5.32 Å². The van der Waals surface area contributed by atoms with Gasteiger partial charge in [0.1, 0.15) is 5.75 Å². The van der Waals surface area contributed by atoms with Crippen LogP contribution in [0.15, 0.2) is 29.2 Å². The summed E-state index contributed by atoms with van der Waals surface area (Å²) in [7, 11) is 1.59. The number of hydrogen-bond acceptors (Lipinski definition) is 4. The van der Waals surface area contributed by atoms with Gasteiger partial charge >= 0.3 is 5.97 Å². The number of amides is 1. The molecule has 1 aromatic rings. The van der Waals surface area contributed by atoms with E-state index in [0.29, 0.717) is 0 Å². The van der Waals surface area contributed by atoms with Crippen LogP contribution in [0, 0.1) is 0 Å². The van der Waals surface area contributed by atoms with Crippen LogP contribution in [0.1, 0.15) is 13.3 Å². The average Bonchev–Trinajstić information content (AvgIpc) is 2.35. The summed E-state index contributed by atoms with van der Waals surface area (Å²) in [6.45, 7) is 1.67. The van der Waals surface area contributed by atoms with E-state index in [0.717, 1.165) is 10.6 Å². The standard InChI is InChI=1S/C13H17NO4S/c1-9(6-13(16)17)14-12(15)8-19-11-5-3-4-10(7-11)18-2/h3-5,7,9H,6,8H2,1-2H3,(H,14,15)(H,16,17). The van der Waals surface area contributed by atoms with Crippen LogP contribution in [0.5, 0.6) is 5.75 Å². The van der Waals surface area contributed by atoms with Crippen LogP contribution in [0.25, 0.3) is 0 Å². The summed E-state index contributed by atoms with van der Waals surface area (Å²) in [4.78, 5) is 23.0. The molecule has 5 nitrogen and oxygen atoms in total. The number of ether oxygens (including phenoxy) is 1. The molecule has 2 N–H and O–H groups in total. The Balaban J connectivity index is 2.39. The lowest BCUT2D eigenvalue weighted by Crippen LogP contribution is -2.35. The monoisotopic (exact) mass is 283 g/mol. The van der Waals surface area contributed by atoms with Crippen LogP contribution in [0.4, 0.5) is 0 Å². The highest BCUT2D eigenvalue weighted by Gasteiger charge is 2.11. The molecule has 1 atom stereocenters. The molecule has 0 saturated heterocycles. The second-order valence-corrected chi connectivity index (χ2v) is 5.08. The Morgan fingerprint density at radius 3 is 2.84 bits per heavy atom. The van der Waals surface area contributed by atoms with Gasteiger partial charge in [0.25, 0.3) is 0 Å². The molecule has 0 heterocycles. The summed E-state index contributed by atoms with van der Waals surface area (Å²) in [6.07, 6.45) is -0.0738. The molecule has 0 aliphatic heterocycles. The first-order valence-electron chi connectivity index (χ1n) is 5.79. The molecule has 0 bridgehead atoms. The first kappa shape index (κ1) is 15.4. The van der Waals surface area contributed by atoms with Crippen LogP contribution in [-0.4, -0.2) is 35.9 Å². The quantitative estimate of drug-likeness (QED) is 0.746. The van der Waals surface area contributed by atoms with Crippen molar-refractivity contribution < 1.29 is 19.4 Å². The topological polar surface area (TPSA) is 75.6 Å². The molecule has 1 rings (SSSR count). The zero-order chi connectivity index (χ0) is 14.3. The Morgan fingerprint density at radius 1 is 1.47 bits per heavy atom. The van der Waals surface area contributed by atoms with E-state index in [1.54, 1.807) is 14.0 Å². The predicted octanol–water partition coefficient (Wildman–Crippen LogP) is 1.77. The minimum atomic E-state index is -0.923. The van der Waals surface area contributed by atoms with E-state index in [9.17, 15) is 9.59 Å². The maximum Gasteiger partial charge on any atom is 0.305 e. The van der Waals surface area contributed by atoms with Gasteiger partial charge in [-0.05, 0) is 25.1 Å². The molecule has 1 amide bonds. The number of methoxy groups -OCH3 is 1. The smallest absolute Gasteiger partial charge is 0.305 e. The van der Waals surface area contributed by atoms with E-state index < -0.39 is 5.97 Å². The van der Waals surface area contributed by atoms with E-state index in [1.807, 2.05) is 24.3 Å². The Bertz CT molecular complexity index is 450. The second kappa shape index (κ2) is 7.68. The molecule has 1 aromatic carbocycles. The van der Waals surface area contributed by atoms with Gasteiger partial charge in [-0.3, -0.25) is 9.59 Å². The van der Waals surface area contributed by atoms with Crippen molar-refractivity contribution in [2.24, 2.45) is 0 Å². The van der Waals surface area contributed by atoms with Crippen molar-refractivity contribution in [2.75, 3.05) is 12.9 Å². The number of carbonyl (C=O) groups is 2. The first-order chi connectivity index (χ1) is 9.01. The number of hydrogen-bond donors (Lipinski definition) is 2. The van der Waals surface area contributed by atoms with Gasteiger partial charge in [0.05, 0.1) is 19.3 Å². The van der Waals surface area contributed by atoms with Gasteiger partial charge < -0.3 is 15.2 Å². The third kappa shape index (κ3) is 6.15.